The first kappa shape index (κ1) is 18.2. The number of nitrogens with one attached hydrogen (secondary N) is 2. The quantitative estimate of drug-likeness (QED) is 0.659. The highest BCUT2D eigenvalue weighted by atomic mass is 16.2. The largest absolute Gasteiger partial charge is 0.351 e. The highest BCUT2D eigenvalue weighted by molar-refractivity contribution is 5.94. The van der Waals surface area contributed by atoms with Gasteiger partial charge in [-0.2, -0.15) is 0 Å². The Morgan fingerprint density at radius 3 is 2.46 bits per heavy atom. The molecule has 2 heterocycles. The van der Waals surface area contributed by atoms with Crippen LogP contribution in [0.5, 0.6) is 0 Å². The molecule has 0 saturated carbocycles. The number of amides is 1. The van der Waals surface area contributed by atoms with Crippen molar-refractivity contribution in [2.75, 3.05) is 26.2 Å². The highest BCUT2D eigenvalue weighted by Crippen LogP contribution is 2.14. The summed E-state index contributed by atoms with van der Waals surface area (Å²) in [7, 11) is 0. The molecule has 1 aliphatic heterocycles. The molecular weight excluding hydrogens is 356 g/mol. The molecule has 1 aliphatic rings. The predicted octanol–water partition coefficient (Wildman–Crippen LogP) is 1.50. The van der Waals surface area contributed by atoms with Crippen LogP contribution in [0.1, 0.15) is 23.2 Å². The van der Waals surface area contributed by atoms with E-state index in [1.807, 2.05) is 0 Å². The molecule has 1 fully saturated rings. The Labute approximate surface area is 161 Å². The van der Waals surface area contributed by atoms with Crippen LogP contribution in [0, 0.1) is 0 Å². The van der Waals surface area contributed by atoms with Gasteiger partial charge in [-0.25, -0.2) is 0 Å². The Morgan fingerprint density at radius 2 is 1.71 bits per heavy atom. The Balaban J connectivity index is 1.54. The smallest absolute Gasteiger partial charge is 0.321 e. The number of aromatic amines is 1. The number of nitrogens with zero attached hydrogens (tertiary/aromatic N) is 2. The van der Waals surface area contributed by atoms with Crippen LogP contribution in [-0.4, -0.2) is 46.5 Å². The van der Waals surface area contributed by atoms with Crippen molar-refractivity contribution in [1.82, 2.24) is 19.8 Å². The van der Waals surface area contributed by atoms with Gasteiger partial charge in [-0.3, -0.25) is 19.0 Å². The average molecular weight is 378 g/mol. The van der Waals surface area contributed by atoms with Crippen molar-refractivity contribution in [2.45, 2.75) is 12.8 Å². The van der Waals surface area contributed by atoms with Gasteiger partial charge in [0.15, 0.2) is 0 Å². The summed E-state index contributed by atoms with van der Waals surface area (Å²) in [4.78, 5) is 41.7. The van der Waals surface area contributed by atoms with Crippen molar-refractivity contribution in [3.8, 4) is 5.69 Å². The second kappa shape index (κ2) is 7.82. The minimum Gasteiger partial charge on any atom is -0.351 e. The van der Waals surface area contributed by atoms with Crippen LogP contribution in [0.3, 0.4) is 0 Å². The number of hydrogen-bond acceptors (Lipinski definition) is 4. The van der Waals surface area contributed by atoms with E-state index in [1.54, 1.807) is 48.5 Å². The normalized spacial score (nSPS) is 14.4. The Kier molecular flexibility index (Phi) is 5.08. The van der Waals surface area contributed by atoms with E-state index in [-0.39, 0.29) is 5.91 Å². The van der Waals surface area contributed by atoms with Gasteiger partial charge in [0.25, 0.3) is 5.91 Å². The van der Waals surface area contributed by atoms with Crippen LogP contribution in [0.2, 0.25) is 0 Å². The maximum Gasteiger partial charge on any atom is 0.321 e. The van der Waals surface area contributed by atoms with Gasteiger partial charge in [0.05, 0.1) is 11.0 Å². The van der Waals surface area contributed by atoms with E-state index in [9.17, 15) is 14.4 Å². The number of para-hydroxylation sites is 2. The number of H-pyrrole nitrogens is 1. The second-order valence-electron chi connectivity index (χ2n) is 6.96. The fourth-order valence-corrected chi connectivity index (χ4v) is 3.62. The third kappa shape index (κ3) is 3.61. The number of likely N-dealkylation sites (tertiary alicyclic amines) is 1. The molecule has 1 saturated heterocycles. The summed E-state index contributed by atoms with van der Waals surface area (Å²) in [5.41, 5.74) is 0.919. The lowest BCUT2D eigenvalue weighted by Gasteiger charge is -2.15. The maximum absolute atomic E-state index is 12.4. The van der Waals surface area contributed by atoms with Crippen molar-refractivity contribution in [1.29, 1.82) is 0 Å². The summed E-state index contributed by atoms with van der Waals surface area (Å²) >= 11 is 0. The van der Waals surface area contributed by atoms with Crippen LogP contribution in [0.4, 0.5) is 0 Å². The van der Waals surface area contributed by atoms with E-state index in [2.05, 4.69) is 15.2 Å². The highest BCUT2D eigenvalue weighted by Gasteiger charge is 2.13. The van der Waals surface area contributed by atoms with E-state index >= 15 is 0 Å². The summed E-state index contributed by atoms with van der Waals surface area (Å²) in [5.74, 6) is -0.145. The number of benzene rings is 2. The number of carbonyl (C=O) groups excluding carboxylic acids is 1. The van der Waals surface area contributed by atoms with Gasteiger partial charge < -0.3 is 15.2 Å². The zero-order valence-corrected chi connectivity index (χ0v) is 15.5. The molecule has 3 aromatic rings. The van der Waals surface area contributed by atoms with E-state index in [4.69, 9.17) is 0 Å². The summed E-state index contributed by atoms with van der Waals surface area (Å²) in [5, 5.41) is 2.93. The summed E-state index contributed by atoms with van der Waals surface area (Å²) in [6.07, 6.45) is 2.46. The van der Waals surface area contributed by atoms with Crippen LogP contribution < -0.4 is 16.4 Å². The lowest BCUT2D eigenvalue weighted by Crippen LogP contribution is -2.35. The predicted molar refractivity (Wildman–Crippen MR) is 108 cm³/mol. The molecule has 2 aromatic carbocycles. The standard InChI is InChI=1S/C21H22N4O3/c26-19(22-11-14-24-12-3-4-13-24)15-7-9-16(10-8-15)25-18-6-2-1-5-17(18)23-20(27)21(25)28/h1-2,5-10H,3-4,11-14H2,(H,22,26)(H,23,27). The third-order valence-corrected chi connectivity index (χ3v) is 5.09. The van der Waals surface area contributed by atoms with E-state index in [1.165, 1.54) is 17.4 Å². The molecule has 4 rings (SSSR count). The molecule has 7 heteroatoms. The molecular formula is C21H22N4O3. The third-order valence-electron chi connectivity index (χ3n) is 5.09. The van der Waals surface area contributed by atoms with Gasteiger partial charge in [-0.1, -0.05) is 12.1 Å². The summed E-state index contributed by atoms with van der Waals surface area (Å²) in [6.45, 7) is 3.67. The monoisotopic (exact) mass is 378 g/mol. The fourth-order valence-electron chi connectivity index (χ4n) is 3.62. The van der Waals surface area contributed by atoms with Crippen molar-refractivity contribution in [2.24, 2.45) is 0 Å². The average Bonchev–Trinajstić information content (AvgIpc) is 3.23. The van der Waals surface area contributed by atoms with E-state index in [0.29, 0.717) is 28.8 Å². The van der Waals surface area contributed by atoms with Gasteiger partial charge in [0, 0.05) is 24.3 Å². The first-order valence-corrected chi connectivity index (χ1v) is 9.48. The summed E-state index contributed by atoms with van der Waals surface area (Å²) in [6, 6.07) is 13.8. The van der Waals surface area contributed by atoms with Crippen molar-refractivity contribution in [3.63, 3.8) is 0 Å². The zero-order valence-electron chi connectivity index (χ0n) is 15.5. The molecule has 144 valence electrons. The van der Waals surface area contributed by atoms with Crippen molar-refractivity contribution >= 4 is 16.9 Å². The minimum absolute atomic E-state index is 0.145. The van der Waals surface area contributed by atoms with Gasteiger partial charge in [0.1, 0.15) is 0 Å². The van der Waals surface area contributed by atoms with Crippen LogP contribution in [0.15, 0.2) is 58.1 Å². The number of carbonyl (C=O) groups is 1. The van der Waals surface area contributed by atoms with Crippen molar-refractivity contribution in [3.05, 3.63) is 74.8 Å². The molecule has 28 heavy (non-hydrogen) atoms. The van der Waals surface area contributed by atoms with Gasteiger partial charge in [-0.05, 0) is 62.3 Å². The molecule has 0 unspecified atom stereocenters. The molecule has 0 aliphatic carbocycles. The first-order valence-electron chi connectivity index (χ1n) is 9.48. The Hall–Kier alpha value is -3.19. The number of rotatable bonds is 5. The minimum atomic E-state index is -0.678. The number of aromatic nitrogens is 2. The van der Waals surface area contributed by atoms with E-state index in [0.717, 1.165) is 19.6 Å². The lowest BCUT2D eigenvalue weighted by atomic mass is 10.2. The second-order valence-corrected chi connectivity index (χ2v) is 6.96. The van der Waals surface area contributed by atoms with Gasteiger partial charge in [0.2, 0.25) is 0 Å². The number of hydrogen-bond donors (Lipinski definition) is 2. The van der Waals surface area contributed by atoms with Crippen LogP contribution in [0.25, 0.3) is 16.7 Å². The SMILES string of the molecule is O=C(NCCN1CCCC1)c1ccc(-n2c(=O)c(=O)[nH]c3ccccc32)cc1. The summed E-state index contributed by atoms with van der Waals surface area (Å²) < 4.78 is 1.36. The van der Waals surface area contributed by atoms with E-state index < -0.39 is 11.1 Å². The molecule has 1 amide bonds. The zero-order chi connectivity index (χ0) is 19.5. The molecule has 0 bridgehead atoms. The topological polar surface area (TPSA) is 87.2 Å². The van der Waals surface area contributed by atoms with Gasteiger partial charge in [-0.15, -0.1) is 0 Å². The molecule has 7 nitrogen and oxygen atoms in total. The fraction of sp³-hybridized carbons (Fsp3) is 0.286. The van der Waals surface area contributed by atoms with Crippen LogP contribution >= 0.6 is 0 Å². The molecule has 0 atom stereocenters. The molecule has 2 N–H and O–H groups in total. The molecule has 0 spiro atoms. The first-order chi connectivity index (χ1) is 13.6. The van der Waals surface area contributed by atoms with Gasteiger partial charge >= 0.3 is 11.1 Å². The lowest BCUT2D eigenvalue weighted by molar-refractivity contribution is 0.0950. The maximum atomic E-state index is 12.4. The van der Waals surface area contributed by atoms with Crippen LogP contribution in [-0.2, 0) is 0 Å². The molecule has 0 radical (unpaired) electrons. The molecule has 1 aromatic heterocycles. The number of fused-ring (bicyclic) bond motifs is 1. The Morgan fingerprint density at radius 1 is 1.00 bits per heavy atom. The Bertz CT molecular complexity index is 1110. The van der Waals surface area contributed by atoms with Crippen molar-refractivity contribution < 1.29 is 4.79 Å².